The lowest BCUT2D eigenvalue weighted by molar-refractivity contribution is -0.114. The van der Waals surface area contributed by atoms with E-state index in [1.54, 1.807) is 24.3 Å². The summed E-state index contributed by atoms with van der Waals surface area (Å²) < 4.78 is 10.9. The van der Waals surface area contributed by atoms with Crippen molar-refractivity contribution in [3.63, 3.8) is 0 Å². The number of nitriles is 1. The molecule has 1 rings (SSSR count). The van der Waals surface area contributed by atoms with Gasteiger partial charge >= 0.3 is 0 Å². The zero-order valence-electron chi connectivity index (χ0n) is 11.0. The Kier molecular flexibility index (Phi) is 5.42. The third-order valence-corrected chi connectivity index (χ3v) is 2.26. The van der Waals surface area contributed by atoms with Gasteiger partial charge in [0.1, 0.15) is 11.6 Å². The molecule has 0 heterocycles. The van der Waals surface area contributed by atoms with Crippen LogP contribution in [-0.2, 0) is 4.79 Å². The molecule has 5 nitrogen and oxygen atoms in total. The highest BCUT2D eigenvalue weighted by Crippen LogP contribution is 2.29. The van der Waals surface area contributed by atoms with E-state index in [2.05, 4.69) is 0 Å². The second-order valence-corrected chi connectivity index (χ2v) is 3.61. The van der Waals surface area contributed by atoms with Gasteiger partial charge in [-0.1, -0.05) is 6.07 Å². The predicted octanol–water partition coefficient (Wildman–Crippen LogP) is 1.88. The topological polar surface area (TPSA) is 85.3 Å². The van der Waals surface area contributed by atoms with Crippen LogP contribution in [0.5, 0.6) is 11.5 Å². The van der Waals surface area contributed by atoms with Gasteiger partial charge in [-0.15, -0.1) is 0 Å². The molecule has 0 radical (unpaired) electrons. The Morgan fingerprint density at radius 1 is 1.32 bits per heavy atom. The molecule has 0 atom stereocenters. The van der Waals surface area contributed by atoms with Crippen LogP contribution in [0.25, 0.3) is 6.08 Å². The summed E-state index contributed by atoms with van der Waals surface area (Å²) in [6, 6.07) is 6.92. The number of carbonyl (C=O) groups is 1. The lowest BCUT2D eigenvalue weighted by atomic mass is 10.1. The molecule has 0 unspecified atom stereocenters. The first kappa shape index (κ1) is 14.6. The van der Waals surface area contributed by atoms with Crippen LogP contribution in [0.4, 0.5) is 0 Å². The molecule has 0 aliphatic rings. The van der Waals surface area contributed by atoms with Gasteiger partial charge in [0, 0.05) is 0 Å². The summed E-state index contributed by atoms with van der Waals surface area (Å²) in [5.74, 6) is 0.438. The van der Waals surface area contributed by atoms with E-state index in [4.69, 9.17) is 20.5 Å². The smallest absolute Gasteiger partial charge is 0.259 e. The maximum atomic E-state index is 11.0. The number of hydrogen-bond donors (Lipinski definition) is 1. The molecule has 19 heavy (non-hydrogen) atoms. The maximum absolute atomic E-state index is 11.0. The average Bonchev–Trinajstić information content (AvgIpc) is 2.39. The van der Waals surface area contributed by atoms with Crippen LogP contribution in [0.2, 0.25) is 0 Å². The molecule has 1 aromatic carbocycles. The van der Waals surface area contributed by atoms with Crippen LogP contribution in [0.1, 0.15) is 19.4 Å². The number of hydrogen-bond acceptors (Lipinski definition) is 4. The Balaban J connectivity index is 3.14. The van der Waals surface area contributed by atoms with Crippen molar-refractivity contribution < 1.29 is 14.3 Å². The van der Waals surface area contributed by atoms with E-state index in [1.165, 1.54) is 6.08 Å². The van der Waals surface area contributed by atoms with Crippen LogP contribution >= 0.6 is 0 Å². The Labute approximate surface area is 112 Å². The number of nitrogens with zero attached hydrogens (tertiary/aromatic N) is 1. The highest BCUT2D eigenvalue weighted by Gasteiger charge is 2.07. The number of carbonyl (C=O) groups excluding carboxylic acids is 1. The molecule has 0 aromatic heterocycles. The quantitative estimate of drug-likeness (QED) is 0.625. The first-order chi connectivity index (χ1) is 9.12. The fourth-order valence-electron chi connectivity index (χ4n) is 1.48. The van der Waals surface area contributed by atoms with Crippen LogP contribution in [-0.4, -0.2) is 19.1 Å². The first-order valence-electron chi connectivity index (χ1n) is 5.93. The molecule has 100 valence electrons. The van der Waals surface area contributed by atoms with E-state index in [9.17, 15) is 4.79 Å². The molecule has 0 bridgehead atoms. The summed E-state index contributed by atoms with van der Waals surface area (Å²) in [5, 5.41) is 8.79. The third kappa shape index (κ3) is 4.03. The zero-order chi connectivity index (χ0) is 14.3. The van der Waals surface area contributed by atoms with Gasteiger partial charge in [0.25, 0.3) is 5.91 Å². The van der Waals surface area contributed by atoms with E-state index >= 15 is 0 Å². The highest BCUT2D eigenvalue weighted by molar-refractivity contribution is 6.00. The second kappa shape index (κ2) is 7.07. The molecule has 0 saturated heterocycles. The zero-order valence-corrected chi connectivity index (χ0v) is 11.0. The maximum Gasteiger partial charge on any atom is 0.259 e. The standard InChI is InChI=1S/C14H16N2O3/c1-3-18-12-6-5-10(8-13(12)19-4-2)7-11(9-15)14(16)17/h5-8H,3-4H2,1-2H3,(H2,16,17). The SMILES string of the molecule is CCOc1ccc(C=C(C#N)C(N)=O)cc1OCC. The third-order valence-electron chi connectivity index (χ3n) is 2.26. The van der Waals surface area contributed by atoms with Gasteiger partial charge in [-0.25, -0.2) is 0 Å². The molecular formula is C14H16N2O3. The van der Waals surface area contributed by atoms with Crippen molar-refractivity contribution >= 4 is 12.0 Å². The van der Waals surface area contributed by atoms with E-state index in [0.717, 1.165) is 0 Å². The van der Waals surface area contributed by atoms with Gasteiger partial charge in [0.2, 0.25) is 0 Å². The lowest BCUT2D eigenvalue weighted by Crippen LogP contribution is -2.12. The monoisotopic (exact) mass is 260 g/mol. The van der Waals surface area contributed by atoms with Crippen molar-refractivity contribution in [3.05, 3.63) is 29.3 Å². The largest absolute Gasteiger partial charge is 0.490 e. The van der Waals surface area contributed by atoms with Gasteiger partial charge in [0.05, 0.1) is 13.2 Å². The van der Waals surface area contributed by atoms with E-state index < -0.39 is 5.91 Å². The van der Waals surface area contributed by atoms with Gasteiger partial charge in [-0.3, -0.25) is 4.79 Å². The fraction of sp³-hybridized carbons (Fsp3) is 0.286. The van der Waals surface area contributed by atoms with Crippen LogP contribution in [0.15, 0.2) is 23.8 Å². The van der Waals surface area contributed by atoms with E-state index in [-0.39, 0.29) is 5.57 Å². The van der Waals surface area contributed by atoms with Crippen molar-refractivity contribution in [3.8, 4) is 17.6 Å². The fourth-order valence-corrected chi connectivity index (χ4v) is 1.48. The Hall–Kier alpha value is -2.48. The summed E-state index contributed by atoms with van der Waals surface area (Å²) in [4.78, 5) is 11.0. The summed E-state index contributed by atoms with van der Waals surface area (Å²) >= 11 is 0. The molecule has 2 N–H and O–H groups in total. The predicted molar refractivity (Wildman–Crippen MR) is 71.6 cm³/mol. The van der Waals surface area contributed by atoms with Crippen LogP contribution in [0, 0.1) is 11.3 Å². The molecule has 0 aliphatic heterocycles. The highest BCUT2D eigenvalue weighted by atomic mass is 16.5. The Morgan fingerprint density at radius 2 is 1.95 bits per heavy atom. The Morgan fingerprint density at radius 3 is 2.47 bits per heavy atom. The summed E-state index contributed by atoms with van der Waals surface area (Å²) in [7, 11) is 0. The van der Waals surface area contributed by atoms with Crippen molar-refractivity contribution in [1.29, 1.82) is 5.26 Å². The molecule has 0 fully saturated rings. The minimum Gasteiger partial charge on any atom is -0.490 e. The average molecular weight is 260 g/mol. The van der Waals surface area contributed by atoms with Gasteiger partial charge in [0.15, 0.2) is 11.5 Å². The molecular weight excluding hydrogens is 244 g/mol. The number of nitrogens with two attached hydrogens (primary N) is 1. The number of rotatable bonds is 6. The summed E-state index contributed by atoms with van der Waals surface area (Å²) in [5.41, 5.74) is 5.63. The lowest BCUT2D eigenvalue weighted by Gasteiger charge is -2.11. The van der Waals surface area contributed by atoms with Crippen molar-refractivity contribution in [2.45, 2.75) is 13.8 Å². The van der Waals surface area contributed by atoms with Crippen molar-refractivity contribution in [1.82, 2.24) is 0 Å². The molecule has 0 spiro atoms. The minimum atomic E-state index is -0.755. The van der Waals surface area contributed by atoms with E-state index in [0.29, 0.717) is 30.3 Å². The normalized spacial score (nSPS) is 10.7. The first-order valence-corrected chi connectivity index (χ1v) is 5.93. The van der Waals surface area contributed by atoms with Gasteiger partial charge < -0.3 is 15.2 Å². The number of ether oxygens (including phenoxy) is 2. The second-order valence-electron chi connectivity index (χ2n) is 3.61. The van der Waals surface area contributed by atoms with Crippen molar-refractivity contribution in [2.75, 3.05) is 13.2 Å². The number of primary amides is 1. The van der Waals surface area contributed by atoms with Crippen molar-refractivity contribution in [2.24, 2.45) is 5.73 Å². The minimum absolute atomic E-state index is 0.105. The molecule has 1 aromatic rings. The molecule has 1 amide bonds. The molecule has 0 saturated carbocycles. The molecule has 5 heteroatoms. The summed E-state index contributed by atoms with van der Waals surface area (Å²) in [6.45, 7) is 4.76. The van der Waals surface area contributed by atoms with Crippen LogP contribution < -0.4 is 15.2 Å². The van der Waals surface area contributed by atoms with E-state index in [1.807, 2.05) is 13.8 Å². The van der Waals surface area contributed by atoms with Gasteiger partial charge in [-0.05, 0) is 37.6 Å². The molecule has 0 aliphatic carbocycles. The number of benzene rings is 1. The van der Waals surface area contributed by atoms with Gasteiger partial charge in [-0.2, -0.15) is 5.26 Å². The van der Waals surface area contributed by atoms with Crippen LogP contribution in [0.3, 0.4) is 0 Å². The Bertz CT molecular complexity index is 530. The number of amides is 1. The summed E-state index contributed by atoms with van der Waals surface area (Å²) in [6.07, 6.45) is 1.42.